The first kappa shape index (κ1) is 20.4. The van der Waals surface area contributed by atoms with E-state index in [1.165, 1.54) is 7.11 Å². The molecule has 26 heavy (non-hydrogen) atoms. The van der Waals surface area contributed by atoms with Crippen LogP contribution in [0, 0.1) is 0 Å². The van der Waals surface area contributed by atoms with Gasteiger partial charge in [-0.25, -0.2) is 0 Å². The van der Waals surface area contributed by atoms with E-state index in [1.807, 2.05) is 12.1 Å². The summed E-state index contributed by atoms with van der Waals surface area (Å²) in [6.45, 7) is 0.0513. The summed E-state index contributed by atoms with van der Waals surface area (Å²) in [7, 11) is 1.43. The highest BCUT2D eigenvalue weighted by Gasteiger charge is 2.28. The van der Waals surface area contributed by atoms with Crippen LogP contribution in [-0.4, -0.2) is 55.5 Å². The largest absolute Gasteiger partial charge is 0.394 e. The Morgan fingerprint density at radius 1 is 1.23 bits per heavy atom. The fourth-order valence-electron chi connectivity index (χ4n) is 2.55. The second-order valence-corrected chi connectivity index (χ2v) is 6.35. The van der Waals surface area contributed by atoms with Crippen molar-refractivity contribution in [3.63, 3.8) is 0 Å². The lowest BCUT2D eigenvalue weighted by Gasteiger charge is -2.31. The third kappa shape index (κ3) is 6.42. The van der Waals surface area contributed by atoms with Gasteiger partial charge in [-0.3, -0.25) is 9.59 Å². The van der Waals surface area contributed by atoms with Crippen molar-refractivity contribution in [2.24, 2.45) is 0 Å². The summed E-state index contributed by atoms with van der Waals surface area (Å²) < 4.78 is 10.5. The zero-order valence-electron chi connectivity index (χ0n) is 14.5. The molecule has 0 saturated carbocycles. The summed E-state index contributed by atoms with van der Waals surface area (Å²) in [4.78, 5) is 23.7. The van der Waals surface area contributed by atoms with Gasteiger partial charge in [-0.15, -0.1) is 0 Å². The quantitative estimate of drug-likeness (QED) is 0.578. The van der Waals surface area contributed by atoms with Crippen LogP contribution in [0.3, 0.4) is 0 Å². The van der Waals surface area contributed by atoms with Gasteiger partial charge in [0.1, 0.15) is 12.7 Å². The van der Waals surface area contributed by atoms with E-state index in [-0.39, 0.29) is 31.4 Å². The molecule has 0 bridgehead atoms. The molecule has 1 aromatic rings. The Morgan fingerprint density at radius 2 is 1.96 bits per heavy atom. The van der Waals surface area contributed by atoms with E-state index in [1.54, 1.807) is 24.3 Å². The molecule has 8 heteroatoms. The number of benzene rings is 1. The fourth-order valence-corrected chi connectivity index (χ4v) is 2.68. The summed E-state index contributed by atoms with van der Waals surface area (Å²) in [6, 6.07) is 6.75. The molecule has 0 saturated heterocycles. The minimum Gasteiger partial charge on any atom is -0.394 e. The topological polar surface area (TPSA) is 96.9 Å². The Bertz CT molecular complexity index is 635. The molecule has 0 aromatic heterocycles. The Kier molecular flexibility index (Phi) is 8.06. The van der Waals surface area contributed by atoms with E-state index in [4.69, 9.17) is 21.1 Å². The van der Waals surface area contributed by atoms with Crippen molar-refractivity contribution in [3.05, 3.63) is 47.0 Å². The maximum atomic E-state index is 12.1. The van der Waals surface area contributed by atoms with Crippen LogP contribution in [0.25, 0.3) is 0 Å². The number of nitrogens with one attached hydrogen (secondary N) is 2. The van der Waals surface area contributed by atoms with Gasteiger partial charge in [-0.05, 0) is 17.7 Å². The maximum absolute atomic E-state index is 12.1. The number of hydrogen-bond acceptors (Lipinski definition) is 5. The van der Waals surface area contributed by atoms with Gasteiger partial charge in [-0.2, -0.15) is 0 Å². The van der Waals surface area contributed by atoms with Crippen LogP contribution in [-0.2, 0) is 25.6 Å². The molecule has 0 spiro atoms. The van der Waals surface area contributed by atoms with Gasteiger partial charge in [0.2, 0.25) is 11.8 Å². The van der Waals surface area contributed by atoms with E-state index in [9.17, 15) is 14.7 Å². The van der Waals surface area contributed by atoms with Crippen LogP contribution in [0.1, 0.15) is 12.0 Å². The molecule has 142 valence electrons. The van der Waals surface area contributed by atoms with Crippen LogP contribution in [0.15, 0.2) is 36.4 Å². The van der Waals surface area contributed by atoms with Gasteiger partial charge < -0.3 is 25.2 Å². The van der Waals surface area contributed by atoms with Gasteiger partial charge in [-0.1, -0.05) is 35.9 Å². The highest BCUT2D eigenvalue weighted by atomic mass is 35.5. The molecule has 3 atom stereocenters. The van der Waals surface area contributed by atoms with Crippen molar-refractivity contribution >= 4 is 23.4 Å². The number of aliphatic hydroxyl groups is 1. The first-order valence-electron chi connectivity index (χ1n) is 8.26. The molecular formula is C18H23ClN2O5. The van der Waals surface area contributed by atoms with Gasteiger partial charge >= 0.3 is 0 Å². The smallest absolute Gasteiger partial charge is 0.246 e. The number of halogens is 1. The first-order valence-corrected chi connectivity index (χ1v) is 8.63. The number of methoxy groups -OCH3 is 1. The molecule has 0 fully saturated rings. The molecule has 0 unspecified atom stereocenters. The molecule has 3 N–H and O–H groups in total. The zero-order valence-corrected chi connectivity index (χ0v) is 15.2. The molecule has 2 amide bonds. The Labute approximate surface area is 157 Å². The van der Waals surface area contributed by atoms with Gasteiger partial charge in [0, 0.05) is 18.7 Å². The third-order valence-corrected chi connectivity index (χ3v) is 4.11. The number of rotatable bonds is 8. The van der Waals surface area contributed by atoms with Gasteiger partial charge in [0.15, 0.2) is 0 Å². The average molecular weight is 383 g/mol. The lowest BCUT2D eigenvalue weighted by molar-refractivity contribution is -0.130. The number of amides is 2. The van der Waals surface area contributed by atoms with Crippen molar-refractivity contribution in [1.29, 1.82) is 0 Å². The molecular weight excluding hydrogens is 360 g/mol. The number of hydrogen-bond donors (Lipinski definition) is 3. The van der Waals surface area contributed by atoms with Gasteiger partial charge in [0.05, 0.1) is 25.2 Å². The maximum Gasteiger partial charge on any atom is 0.246 e. The summed E-state index contributed by atoms with van der Waals surface area (Å²) >= 11 is 5.83. The lowest BCUT2D eigenvalue weighted by Crippen LogP contribution is -2.49. The SMILES string of the molecule is COCC(=O)N[C@H]1C=C[C@H](CC(=O)NCc2ccc(Cl)cc2)O[C@@H]1CO. The van der Waals surface area contributed by atoms with E-state index >= 15 is 0 Å². The minimum atomic E-state index is -0.616. The second-order valence-electron chi connectivity index (χ2n) is 5.91. The van der Waals surface area contributed by atoms with E-state index in [0.29, 0.717) is 11.6 Å². The average Bonchev–Trinajstić information content (AvgIpc) is 2.62. The predicted octanol–water partition coefficient (Wildman–Crippen LogP) is 0.793. The molecule has 2 rings (SSSR count). The molecule has 0 radical (unpaired) electrons. The van der Waals surface area contributed by atoms with Crippen molar-refractivity contribution in [1.82, 2.24) is 10.6 Å². The number of carbonyl (C=O) groups excluding carboxylic acids is 2. The lowest BCUT2D eigenvalue weighted by atomic mass is 10.0. The number of ether oxygens (including phenoxy) is 2. The zero-order chi connectivity index (χ0) is 18.9. The summed E-state index contributed by atoms with van der Waals surface area (Å²) in [5, 5.41) is 15.6. The summed E-state index contributed by atoms with van der Waals surface area (Å²) in [6.07, 6.45) is 2.49. The first-order chi connectivity index (χ1) is 12.5. The van der Waals surface area contributed by atoms with Crippen molar-refractivity contribution in [3.8, 4) is 0 Å². The molecule has 1 aliphatic heterocycles. The Hall–Kier alpha value is -1.93. The summed E-state index contributed by atoms with van der Waals surface area (Å²) in [5.41, 5.74) is 0.942. The number of carbonyl (C=O) groups is 2. The highest BCUT2D eigenvalue weighted by molar-refractivity contribution is 6.30. The minimum absolute atomic E-state index is 0.0704. The van der Waals surface area contributed by atoms with Crippen LogP contribution < -0.4 is 10.6 Å². The molecule has 1 aromatic carbocycles. The normalized spacial score (nSPS) is 22.0. The Balaban J connectivity index is 1.82. The van der Waals surface area contributed by atoms with Gasteiger partial charge in [0.25, 0.3) is 0 Å². The predicted molar refractivity (Wildman–Crippen MR) is 96.6 cm³/mol. The fraction of sp³-hybridized carbons (Fsp3) is 0.444. The van der Waals surface area contributed by atoms with E-state index in [0.717, 1.165) is 5.56 Å². The standard InChI is InChI=1S/C18H23ClN2O5/c1-25-11-18(24)21-15-7-6-14(26-16(15)10-22)8-17(23)20-9-12-2-4-13(19)5-3-12/h2-7,14-16,22H,8-11H2,1H3,(H,20,23)(H,21,24)/t14-,15+,16-/m1/s1. The van der Waals surface area contributed by atoms with Crippen molar-refractivity contribution < 1.29 is 24.2 Å². The Morgan fingerprint density at radius 3 is 2.62 bits per heavy atom. The summed E-state index contributed by atoms with van der Waals surface area (Å²) in [5.74, 6) is -0.475. The molecule has 1 heterocycles. The second kappa shape index (κ2) is 10.3. The van der Waals surface area contributed by atoms with Crippen molar-refractivity contribution in [2.75, 3.05) is 20.3 Å². The van der Waals surface area contributed by atoms with E-state index in [2.05, 4.69) is 10.6 Å². The van der Waals surface area contributed by atoms with E-state index < -0.39 is 18.2 Å². The molecule has 0 aliphatic carbocycles. The van der Waals surface area contributed by atoms with Crippen LogP contribution in [0.2, 0.25) is 5.02 Å². The molecule has 1 aliphatic rings. The van der Waals surface area contributed by atoms with Crippen LogP contribution in [0.4, 0.5) is 0 Å². The third-order valence-electron chi connectivity index (χ3n) is 3.86. The number of aliphatic hydroxyl groups excluding tert-OH is 1. The van der Waals surface area contributed by atoms with Crippen molar-refractivity contribution in [2.45, 2.75) is 31.2 Å². The highest BCUT2D eigenvalue weighted by Crippen LogP contribution is 2.16. The van der Waals surface area contributed by atoms with Crippen LogP contribution in [0.5, 0.6) is 0 Å². The van der Waals surface area contributed by atoms with Crippen LogP contribution >= 0.6 is 11.6 Å². The molecule has 7 nitrogen and oxygen atoms in total. The monoisotopic (exact) mass is 382 g/mol.